The number of ether oxygens (including phenoxy) is 1. The van der Waals surface area contributed by atoms with Crippen LogP contribution in [0.5, 0.6) is 0 Å². The van der Waals surface area contributed by atoms with Gasteiger partial charge in [0, 0.05) is 32.2 Å². The number of nitrogens with zero attached hydrogens (tertiary/aromatic N) is 1. The van der Waals surface area contributed by atoms with Gasteiger partial charge in [-0.3, -0.25) is 0 Å². The van der Waals surface area contributed by atoms with E-state index in [4.69, 9.17) is 4.74 Å². The summed E-state index contributed by atoms with van der Waals surface area (Å²) >= 11 is 0. The fourth-order valence-corrected chi connectivity index (χ4v) is 4.83. The zero-order valence-electron chi connectivity index (χ0n) is 12.6. The largest absolute Gasteiger partial charge is 0.384 e. The lowest BCUT2D eigenvalue weighted by atomic mass is 9.87. The zero-order chi connectivity index (χ0) is 14.5. The molecule has 0 aromatic carbocycles. The lowest BCUT2D eigenvalue weighted by molar-refractivity contribution is 0.0863. The fraction of sp³-hybridized carbons (Fsp3) is 1.00. The van der Waals surface area contributed by atoms with E-state index in [0.717, 1.165) is 38.5 Å². The number of hydrogen-bond donors (Lipinski definition) is 1. The molecule has 0 radical (unpaired) electrons. The fourth-order valence-electron chi connectivity index (χ4n) is 3.42. The molecule has 0 spiro atoms. The van der Waals surface area contributed by atoms with Gasteiger partial charge >= 0.3 is 0 Å². The van der Waals surface area contributed by atoms with E-state index in [1.165, 1.54) is 12.8 Å². The van der Waals surface area contributed by atoms with E-state index in [9.17, 15) is 8.42 Å². The summed E-state index contributed by atoms with van der Waals surface area (Å²) < 4.78 is 34.6. The summed E-state index contributed by atoms with van der Waals surface area (Å²) in [7, 11) is -1.63. The van der Waals surface area contributed by atoms with Gasteiger partial charge in [0.1, 0.15) is 0 Å². The van der Waals surface area contributed by atoms with Crippen LogP contribution in [-0.2, 0) is 14.9 Å². The molecule has 0 aromatic heterocycles. The van der Waals surface area contributed by atoms with Crippen molar-refractivity contribution in [1.82, 2.24) is 9.03 Å². The minimum absolute atomic E-state index is 0.00761. The van der Waals surface area contributed by atoms with Crippen molar-refractivity contribution in [3.63, 3.8) is 0 Å². The second-order valence-corrected chi connectivity index (χ2v) is 8.03. The summed E-state index contributed by atoms with van der Waals surface area (Å²) in [4.78, 5) is 0. The Morgan fingerprint density at radius 1 is 1.05 bits per heavy atom. The Kier molecular flexibility index (Phi) is 5.84. The summed E-state index contributed by atoms with van der Waals surface area (Å²) in [5.41, 5.74) is 0.00761. The summed E-state index contributed by atoms with van der Waals surface area (Å²) in [5, 5.41) is 0. The third kappa shape index (κ3) is 4.16. The van der Waals surface area contributed by atoms with Gasteiger partial charge in [-0.1, -0.05) is 25.7 Å². The molecular formula is C14H28N2O3S. The van der Waals surface area contributed by atoms with Crippen molar-refractivity contribution in [3.05, 3.63) is 0 Å². The third-order valence-corrected chi connectivity index (χ3v) is 6.20. The Labute approximate surface area is 123 Å². The molecule has 0 bridgehead atoms. The topological polar surface area (TPSA) is 58.6 Å². The average molecular weight is 304 g/mol. The van der Waals surface area contributed by atoms with Gasteiger partial charge in [0.05, 0.1) is 6.61 Å². The van der Waals surface area contributed by atoms with Gasteiger partial charge in [0.15, 0.2) is 0 Å². The number of methoxy groups -OCH3 is 1. The normalized spacial score (nSPS) is 24.6. The van der Waals surface area contributed by atoms with Crippen LogP contribution in [0.15, 0.2) is 0 Å². The van der Waals surface area contributed by atoms with Gasteiger partial charge in [-0.25, -0.2) is 4.72 Å². The Balaban J connectivity index is 1.93. The molecule has 6 heteroatoms. The lowest BCUT2D eigenvalue weighted by Gasteiger charge is -2.30. The van der Waals surface area contributed by atoms with Gasteiger partial charge in [-0.15, -0.1) is 0 Å². The van der Waals surface area contributed by atoms with E-state index in [1.807, 2.05) is 0 Å². The predicted molar refractivity (Wildman–Crippen MR) is 79.7 cm³/mol. The first kappa shape index (κ1) is 16.2. The molecule has 2 rings (SSSR count). The van der Waals surface area contributed by atoms with E-state index in [1.54, 1.807) is 11.4 Å². The maximum Gasteiger partial charge on any atom is 0.279 e. The highest BCUT2D eigenvalue weighted by Gasteiger charge is 2.36. The van der Waals surface area contributed by atoms with Gasteiger partial charge in [0.25, 0.3) is 10.2 Å². The lowest BCUT2D eigenvalue weighted by Crippen LogP contribution is -2.46. The van der Waals surface area contributed by atoms with Crippen LogP contribution in [0.3, 0.4) is 0 Å². The monoisotopic (exact) mass is 304 g/mol. The van der Waals surface area contributed by atoms with Crippen LogP contribution < -0.4 is 4.72 Å². The Hall–Kier alpha value is -0.170. The van der Waals surface area contributed by atoms with E-state index in [-0.39, 0.29) is 5.41 Å². The summed E-state index contributed by atoms with van der Waals surface area (Å²) in [6.45, 7) is 2.48. The molecule has 1 N–H and O–H groups in total. The van der Waals surface area contributed by atoms with Gasteiger partial charge in [-0.05, 0) is 25.7 Å². The first-order chi connectivity index (χ1) is 9.58. The molecule has 5 nitrogen and oxygen atoms in total. The quantitative estimate of drug-likeness (QED) is 0.815. The van der Waals surface area contributed by atoms with Gasteiger partial charge in [0.2, 0.25) is 0 Å². The molecule has 1 aliphatic heterocycles. The highest BCUT2D eigenvalue weighted by atomic mass is 32.2. The molecule has 1 saturated heterocycles. The molecule has 0 unspecified atom stereocenters. The van der Waals surface area contributed by atoms with Crippen molar-refractivity contribution in [2.24, 2.45) is 5.41 Å². The van der Waals surface area contributed by atoms with Crippen molar-refractivity contribution in [1.29, 1.82) is 0 Å². The molecule has 0 amide bonds. The summed E-state index contributed by atoms with van der Waals surface area (Å²) in [6, 6.07) is 0. The second kappa shape index (κ2) is 7.20. The van der Waals surface area contributed by atoms with Crippen molar-refractivity contribution in [3.8, 4) is 0 Å². The molecule has 2 aliphatic rings. The van der Waals surface area contributed by atoms with E-state index < -0.39 is 10.2 Å². The molecule has 2 fully saturated rings. The molecule has 1 aliphatic carbocycles. The van der Waals surface area contributed by atoms with Gasteiger partial charge in [-0.2, -0.15) is 12.7 Å². The Morgan fingerprint density at radius 3 is 2.20 bits per heavy atom. The first-order valence-electron chi connectivity index (χ1n) is 7.82. The number of rotatable bonds is 6. The molecule has 118 valence electrons. The van der Waals surface area contributed by atoms with Crippen LogP contribution in [0, 0.1) is 5.41 Å². The second-order valence-electron chi connectivity index (χ2n) is 6.28. The minimum atomic E-state index is -3.32. The Bertz CT molecular complexity index is 383. The van der Waals surface area contributed by atoms with Crippen LogP contribution in [0.4, 0.5) is 0 Å². The maximum atomic E-state index is 12.4. The smallest absolute Gasteiger partial charge is 0.279 e. The SMILES string of the molecule is COCC1(CNS(=O)(=O)N2CCCCCC2)CCCC1. The summed E-state index contributed by atoms with van der Waals surface area (Å²) in [6.07, 6.45) is 8.70. The molecule has 0 atom stereocenters. The zero-order valence-corrected chi connectivity index (χ0v) is 13.4. The maximum absolute atomic E-state index is 12.4. The highest BCUT2D eigenvalue weighted by molar-refractivity contribution is 7.87. The first-order valence-corrected chi connectivity index (χ1v) is 9.26. The van der Waals surface area contributed by atoms with Crippen molar-refractivity contribution >= 4 is 10.2 Å². The molecule has 1 saturated carbocycles. The molecule has 1 heterocycles. The highest BCUT2D eigenvalue weighted by Crippen LogP contribution is 2.37. The van der Waals surface area contributed by atoms with Crippen LogP contribution >= 0.6 is 0 Å². The van der Waals surface area contributed by atoms with Gasteiger partial charge < -0.3 is 4.74 Å². The number of hydrogen-bond acceptors (Lipinski definition) is 3. The predicted octanol–water partition coefficient (Wildman–Crippen LogP) is 1.90. The standard InChI is InChI=1S/C14H28N2O3S/c1-19-13-14(8-4-5-9-14)12-15-20(17,18)16-10-6-2-3-7-11-16/h15H,2-13H2,1H3. The summed E-state index contributed by atoms with van der Waals surface area (Å²) in [5.74, 6) is 0. The minimum Gasteiger partial charge on any atom is -0.384 e. The van der Waals surface area contributed by atoms with E-state index in [2.05, 4.69) is 4.72 Å². The molecule has 20 heavy (non-hydrogen) atoms. The van der Waals surface area contributed by atoms with Crippen LogP contribution in [-0.4, -0.2) is 46.1 Å². The van der Waals surface area contributed by atoms with Crippen LogP contribution in [0.25, 0.3) is 0 Å². The third-order valence-electron chi connectivity index (χ3n) is 4.65. The van der Waals surface area contributed by atoms with E-state index >= 15 is 0 Å². The molecule has 0 aromatic rings. The molecular weight excluding hydrogens is 276 g/mol. The van der Waals surface area contributed by atoms with Crippen LogP contribution in [0.1, 0.15) is 51.4 Å². The van der Waals surface area contributed by atoms with Crippen molar-refractivity contribution < 1.29 is 13.2 Å². The Morgan fingerprint density at radius 2 is 1.65 bits per heavy atom. The van der Waals surface area contributed by atoms with Crippen molar-refractivity contribution in [2.45, 2.75) is 51.4 Å². The number of nitrogens with one attached hydrogen (secondary N) is 1. The van der Waals surface area contributed by atoms with E-state index in [0.29, 0.717) is 26.2 Å². The van der Waals surface area contributed by atoms with Crippen LogP contribution in [0.2, 0.25) is 0 Å². The van der Waals surface area contributed by atoms with Crippen molar-refractivity contribution in [2.75, 3.05) is 33.4 Å². The average Bonchev–Trinajstić information content (AvgIpc) is 2.71.